The largest absolute Gasteiger partial charge is 0.490 e. The molecular formula is C7H9F3O2. The SMILES string of the molecule is C1=CCCC1.O=C(O)C(F)(F)F. The second-order valence-electron chi connectivity index (χ2n) is 2.21. The molecule has 0 unspecified atom stereocenters. The van der Waals surface area contributed by atoms with Gasteiger partial charge in [-0.15, -0.1) is 0 Å². The van der Waals surface area contributed by atoms with Crippen molar-refractivity contribution in [3.05, 3.63) is 12.2 Å². The summed E-state index contributed by atoms with van der Waals surface area (Å²) in [5.74, 6) is -2.76. The Hall–Kier alpha value is -1.00. The van der Waals surface area contributed by atoms with Gasteiger partial charge in [-0.2, -0.15) is 13.2 Å². The van der Waals surface area contributed by atoms with E-state index in [0.717, 1.165) is 0 Å². The molecule has 0 aliphatic heterocycles. The average Bonchev–Trinajstić information content (AvgIpc) is 2.39. The number of carbonyl (C=O) groups is 1. The van der Waals surface area contributed by atoms with Gasteiger partial charge < -0.3 is 5.11 Å². The lowest BCUT2D eigenvalue weighted by Crippen LogP contribution is -2.21. The van der Waals surface area contributed by atoms with E-state index in [4.69, 9.17) is 9.90 Å². The molecule has 0 amide bonds. The van der Waals surface area contributed by atoms with E-state index in [1.807, 2.05) is 0 Å². The molecule has 0 bridgehead atoms. The summed E-state index contributed by atoms with van der Waals surface area (Å²) in [4.78, 5) is 8.90. The maximum Gasteiger partial charge on any atom is 0.490 e. The number of hydrogen-bond acceptors (Lipinski definition) is 1. The summed E-state index contributed by atoms with van der Waals surface area (Å²) in [5, 5.41) is 7.12. The monoisotopic (exact) mass is 182 g/mol. The van der Waals surface area contributed by atoms with Gasteiger partial charge in [-0.05, 0) is 19.3 Å². The zero-order valence-corrected chi connectivity index (χ0v) is 6.27. The standard InChI is InChI=1S/C5H8.C2HF3O2/c1-2-4-5-3-1;3-2(4,5)1(6)7/h1-2H,3-5H2;(H,6,7). The van der Waals surface area contributed by atoms with Gasteiger partial charge in [0.1, 0.15) is 0 Å². The van der Waals surface area contributed by atoms with Gasteiger partial charge in [0.15, 0.2) is 0 Å². The maximum atomic E-state index is 10.6. The van der Waals surface area contributed by atoms with Crippen molar-refractivity contribution in [3.63, 3.8) is 0 Å². The minimum Gasteiger partial charge on any atom is -0.475 e. The van der Waals surface area contributed by atoms with Crippen LogP contribution in [-0.4, -0.2) is 17.3 Å². The molecule has 0 aromatic carbocycles. The van der Waals surface area contributed by atoms with Gasteiger partial charge in [0, 0.05) is 0 Å². The van der Waals surface area contributed by atoms with E-state index in [9.17, 15) is 13.2 Å². The summed E-state index contributed by atoms with van der Waals surface area (Å²) >= 11 is 0. The normalized spacial score (nSPS) is 15.2. The lowest BCUT2D eigenvalue weighted by molar-refractivity contribution is -0.192. The van der Waals surface area contributed by atoms with Gasteiger partial charge in [-0.1, -0.05) is 12.2 Å². The highest BCUT2D eigenvalue weighted by molar-refractivity contribution is 5.73. The van der Waals surface area contributed by atoms with E-state index in [2.05, 4.69) is 12.2 Å². The van der Waals surface area contributed by atoms with Crippen molar-refractivity contribution >= 4 is 5.97 Å². The topological polar surface area (TPSA) is 37.3 Å². The number of allylic oxidation sites excluding steroid dienone is 2. The van der Waals surface area contributed by atoms with E-state index < -0.39 is 12.1 Å². The maximum absolute atomic E-state index is 10.6. The molecule has 1 aliphatic rings. The van der Waals surface area contributed by atoms with Gasteiger partial charge in [0.25, 0.3) is 0 Å². The van der Waals surface area contributed by atoms with E-state index in [0.29, 0.717) is 0 Å². The first kappa shape index (κ1) is 11.0. The Morgan fingerprint density at radius 3 is 1.67 bits per heavy atom. The summed E-state index contributed by atoms with van der Waals surface area (Å²) < 4.78 is 31.7. The third kappa shape index (κ3) is 5.76. The van der Waals surface area contributed by atoms with Crippen LogP contribution in [0.25, 0.3) is 0 Å². The van der Waals surface area contributed by atoms with E-state index in [-0.39, 0.29) is 0 Å². The van der Waals surface area contributed by atoms with Crippen LogP contribution in [0.3, 0.4) is 0 Å². The van der Waals surface area contributed by atoms with Crippen molar-refractivity contribution < 1.29 is 23.1 Å². The molecule has 0 aromatic rings. The first-order valence-electron chi connectivity index (χ1n) is 3.39. The molecule has 0 atom stereocenters. The number of carboxylic acid groups (broad SMARTS) is 1. The number of hydrogen-bond donors (Lipinski definition) is 1. The third-order valence-corrected chi connectivity index (χ3v) is 1.15. The lowest BCUT2D eigenvalue weighted by Gasteiger charge is -1.93. The van der Waals surface area contributed by atoms with Crippen LogP contribution < -0.4 is 0 Å². The molecule has 2 nitrogen and oxygen atoms in total. The van der Waals surface area contributed by atoms with Crippen molar-refractivity contribution in [2.24, 2.45) is 0 Å². The van der Waals surface area contributed by atoms with Gasteiger partial charge in [-0.3, -0.25) is 0 Å². The molecule has 12 heavy (non-hydrogen) atoms. The third-order valence-electron chi connectivity index (χ3n) is 1.15. The number of alkyl halides is 3. The summed E-state index contributed by atoms with van der Waals surface area (Å²) in [5.41, 5.74) is 0. The quantitative estimate of drug-likeness (QED) is 0.584. The molecule has 1 aliphatic carbocycles. The van der Waals surface area contributed by atoms with Gasteiger partial charge in [0.05, 0.1) is 0 Å². The molecule has 0 heterocycles. The van der Waals surface area contributed by atoms with E-state index in [1.165, 1.54) is 19.3 Å². The van der Waals surface area contributed by atoms with Crippen molar-refractivity contribution in [1.82, 2.24) is 0 Å². The summed E-state index contributed by atoms with van der Waals surface area (Å²) in [7, 11) is 0. The first-order chi connectivity index (χ1) is 5.44. The number of halogens is 3. The van der Waals surface area contributed by atoms with Crippen LogP contribution in [0.1, 0.15) is 19.3 Å². The fourth-order valence-corrected chi connectivity index (χ4v) is 0.589. The highest BCUT2D eigenvalue weighted by Gasteiger charge is 2.38. The minimum atomic E-state index is -5.08. The van der Waals surface area contributed by atoms with Crippen molar-refractivity contribution in [1.29, 1.82) is 0 Å². The number of aliphatic carboxylic acids is 1. The van der Waals surface area contributed by atoms with Crippen LogP contribution in [0.4, 0.5) is 13.2 Å². The van der Waals surface area contributed by atoms with Crippen LogP contribution in [0.2, 0.25) is 0 Å². The lowest BCUT2D eigenvalue weighted by atomic mass is 10.4. The Morgan fingerprint density at radius 2 is 1.58 bits per heavy atom. The highest BCUT2D eigenvalue weighted by Crippen LogP contribution is 2.13. The summed E-state index contributed by atoms with van der Waals surface area (Å²) in [6.45, 7) is 0. The molecule has 0 aromatic heterocycles. The number of carboxylic acids is 1. The minimum absolute atomic E-state index is 1.32. The molecular weight excluding hydrogens is 173 g/mol. The Balaban J connectivity index is 0.000000211. The predicted octanol–water partition coefficient (Wildman–Crippen LogP) is 2.36. The Labute approximate surface area is 67.7 Å². The molecule has 5 heteroatoms. The fourth-order valence-electron chi connectivity index (χ4n) is 0.589. The van der Waals surface area contributed by atoms with Gasteiger partial charge >= 0.3 is 12.1 Å². The highest BCUT2D eigenvalue weighted by atomic mass is 19.4. The molecule has 0 fully saturated rings. The zero-order valence-electron chi connectivity index (χ0n) is 6.27. The smallest absolute Gasteiger partial charge is 0.475 e. The predicted molar refractivity (Wildman–Crippen MR) is 36.7 cm³/mol. The Bertz CT molecular complexity index is 166. The molecule has 0 saturated heterocycles. The van der Waals surface area contributed by atoms with Crippen LogP contribution in [0.5, 0.6) is 0 Å². The van der Waals surface area contributed by atoms with Crippen molar-refractivity contribution in [2.45, 2.75) is 25.4 Å². The average molecular weight is 182 g/mol. The molecule has 0 saturated carbocycles. The molecule has 70 valence electrons. The first-order valence-corrected chi connectivity index (χ1v) is 3.39. The zero-order chi connectivity index (χ0) is 9.61. The summed E-state index contributed by atoms with van der Waals surface area (Å²) in [6.07, 6.45) is 3.42. The van der Waals surface area contributed by atoms with Crippen LogP contribution >= 0.6 is 0 Å². The van der Waals surface area contributed by atoms with Crippen molar-refractivity contribution in [2.75, 3.05) is 0 Å². The van der Waals surface area contributed by atoms with Crippen LogP contribution in [-0.2, 0) is 4.79 Å². The van der Waals surface area contributed by atoms with Gasteiger partial charge in [-0.25, -0.2) is 4.79 Å². The number of rotatable bonds is 0. The molecule has 1 rings (SSSR count). The second kappa shape index (κ2) is 4.79. The van der Waals surface area contributed by atoms with E-state index >= 15 is 0 Å². The van der Waals surface area contributed by atoms with Crippen LogP contribution in [0, 0.1) is 0 Å². The Kier molecular flexibility index (Phi) is 4.39. The summed E-state index contributed by atoms with van der Waals surface area (Å²) in [6, 6.07) is 0. The molecule has 0 spiro atoms. The molecule has 0 radical (unpaired) electrons. The van der Waals surface area contributed by atoms with E-state index in [1.54, 1.807) is 0 Å². The van der Waals surface area contributed by atoms with Gasteiger partial charge in [0.2, 0.25) is 0 Å². The molecule has 1 N–H and O–H groups in total. The van der Waals surface area contributed by atoms with Crippen LogP contribution in [0.15, 0.2) is 12.2 Å². The Morgan fingerprint density at radius 1 is 1.25 bits per heavy atom. The van der Waals surface area contributed by atoms with Crippen molar-refractivity contribution in [3.8, 4) is 0 Å². The fraction of sp³-hybridized carbons (Fsp3) is 0.571. The second-order valence-corrected chi connectivity index (χ2v) is 2.21.